The van der Waals surface area contributed by atoms with Crippen molar-refractivity contribution in [2.24, 2.45) is 5.92 Å². The molecule has 1 N–H and O–H groups in total. The van der Waals surface area contributed by atoms with Crippen molar-refractivity contribution in [3.63, 3.8) is 0 Å². The number of benzene rings is 1. The Kier molecular flexibility index (Phi) is 7.20. The highest BCUT2D eigenvalue weighted by atomic mass is 16.5. The fourth-order valence-corrected chi connectivity index (χ4v) is 5.10. The summed E-state index contributed by atoms with van der Waals surface area (Å²) in [5, 5.41) is 13.8. The molecule has 1 aromatic carbocycles. The Morgan fingerprint density at radius 1 is 1.22 bits per heavy atom. The van der Waals surface area contributed by atoms with E-state index in [0.717, 1.165) is 47.3 Å². The van der Waals surface area contributed by atoms with Crippen molar-refractivity contribution < 1.29 is 4.74 Å². The Labute approximate surface area is 210 Å². The van der Waals surface area contributed by atoms with Crippen molar-refractivity contribution in [2.45, 2.75) is 65.4 Å². The average Bonchev–Trinajstić information content (AvgIpc) is 3.53. The molecule has 1 aliphatic rings. The second kappa shape index (κ2) is 10.7. The zero-order chi connectivity index (χ0) is 25.1. The summed E-state index contributed by atoms with van der Waals surface area (Å²) in [6, 6.07) is 11.9. The Bertz CT molecular complexity index is 1360. The van der Waals surface area contributed by atoms with Crippen molar-refractivity contribution in [1.82, 2.24) is 35.1 Å². The first-order chi connectivity index (χ1) is 17.5. The van der Waals surface area contributed by atoms with E-state index in [9.17, 15) is 4.79 Å². The van der Waals surface area contributed by atoms with Crippen molar-refractivity contribution >= 4 is 10.9 Å². The fourth-order valence-electron chi connectivity index (χ4n) is 5.10. The standard InChI is InChI=1S/C27H33N7O2/c1-18(2)25(26-30-31-32-34(26)17-23-7-5-11-36-23)33(15-20-6-4-10-28-14-20)16-22-13-21-12-19(3)8-9-24(21)29-27(22)35/h4,6,8-10,12-14,18,23,25H,5,7,11,15-17H2,1-3H3,(H,29,35)/t23-,25-/m1/s1. The molecule has 0 amide bonds. The van der Waals surface area contributed by atoms with Crippen LogP contribution in [0.1, 0.15) is 55.2 Å². The topological polar surface area (TPSA) is 102 Å². The minimum absolute atomic E-state index is 0.0796. The first-order valence-corrected chi connectivity index (χ1v) is 12.6. The molecule has 0 unspecified atom stereocenters. The molecule has 5 rings (SSSR count). The number of nitrogens with zero attached hydrogens (tertiary/aromatic N) is 6. The maximum absolute atomic E-state index is 13.1. The minimum Gasteiger partial charge on any atom is -0.376 e. The number of rotatable bonds is 9. The summed E-state index contributed by atoms with van der Waals surface area (Å²) in [6.45, 7) is 8.86. The van der Waals surface area contributed by atoms with Gasteiger partial charge in [-0.15, -0.1) is 5.10 Å². The summed E-state index contributed by atoms with van der Waals surface area (Å²) >= 11 is 0. The zero-order valence-corrected chi connectivity index (χ0v) is 21.1. The summed E-state index contributed by atoms with van der Waals surface area (Å²) in [5.41, 5.74) is 3.69. The summed E-state index contributed by atoms with van der Waals surface area (Å²) in [5.74, 6) is 0.982. The summed E-state index contributed by atoms with van der Waals surface area (Å²) in [4.78, 5) is 22.8. The lowest BCUT2D eigenvalue weighted by Gasteiger charge is -2.33. The molecule has 9 heteroatoms. The number of pyridine rings is 2. The highest BCUT2D eigenvalue weighted by Gasteiger charge is 2.31. The summed E-state index contributed by atoms with van der Waals surface area (Å²) in [7, 11) is 0. The Hall–Kier alpha value is -3.43. The molecule has 0 bridgehead atoms. The van der Waals surface area contributed by atoms with Crippen LogP contribution >= 0.6 is 0 Å². The van der Waals surface area contributed by atoms with E-state index in [0.29, 0.717) is 25.2 Å². The zero-order valence-electron chi connectivity index (χ0n) is 21.1. The molecule has 36 heavy (non-hydrogen) atoms. The number of hydrogen-bond acceptors (Lipinski definition) is 7. The van der Waals surface area contributed by atoms with Crippen LogP contribution in [0, 0.1) is 12.8 Å². The number of hydrogen-bond donors (Lipinski definition) is 1. The third-order valence-corrected chi connectivity index (χ3v) is 6.81. The number of tetrazole rings is 1. The number of aryl methyl sites for hydroxylation is 1. The molecular weight excluding hydrogens is 454 g/mol. The van der Waals surface area contributed by atoms with Crippen LogP contribution in [0.2, 0.25) is 0 Å². The van der Waals surface area contributed by atoms with Crippen LogP contribution < -0.4 is 5.56 Å². The van der Waals surface area contributed by atoms with Crippen LogP contribution in [0.3, 0.4) is 0 Å². The predicted octanol–water partition coefficient (Wildman–Crippen LogP) is 3.80. The Morgan fingerprint density at radius 2 is 2.11 bits per heavy atom. The van der Waals surface area contributed by atoms with E-state index in [1.54, 1.807) is 6.20 Å². The van der Waals surface area contributed by atoms with Gasteiger partial charge in [0, 0.05) is 43.2 Å². The van der Waals surface area contributed by atoms with Crippen LogP contribution in [-0.4, -0.2) is 47.8 Å². The number of nitrogens with one attached hydrogen (secondary N) is 1. The van der Waals surface area contributed by atoms with Gasteiger partial charge in [0.25, 0.3) is 5.56 Å². The second-order valence-corrected chi connectivity index (χ2v) is 10.0. The molecule has 1 fully saturated rings. The molecule has 0 spiro atoms. The van der Waals surface area contributed by atoms with Crippen molar-refractivity contribution in [3.8, 4) is 0 Å². The van der Waals surface area contributed by atoms with Crippen LogP contribution in [0.15, 0.2) is 53.6 Å². The lowest BCUT2D eigenvalue weighted by Crippen LogP contribution is -2.36. The maximum atomic E-state index is 13.1. The number of fused-ring (bicyclic) bond motifs is 1. The van der Waals surface area contributed by atoms with Gasteiger partial charge in [0.05, 0.1) is 18.7 Å². The quantitative estimate of drug-likeness (QED) is 0.383. The third kappa shape index (κ3) is 5.37. The molecule has 4 aromatic rings. The van der Waals surface area contributed by atoms with Gasteiger partial charge < -0.3 is 9.72 Å². The Balaban J connectivity index is 1.53. The number of aromatic nitrogens is 6. The van der Waals surface area contributed by atoms with Gasteiger partial charge >= 0.3 is 0 Å². The smallest absolute Gasteiger partial charge is 0.252 e. The van der Waals surface area contributed by atoms with E-state index in [1.807, 2.05) is 35.1 Å². The lowest BCUT2D eigenvalue weighted by molar-refractivity contribution is 0.0851. The van der Waals surface area contributed by atoms with Crippen LogP contribution in [0.25, 0.3) is 10.9 Å². The highest BCUT2D eigenvalue weighted by molar-refractivity contribution is 5.79. The SMILES string of the molecule is Cc1ccc2[nH]c(=O)c(CN(Cc3cccnc3)[C@@H](c3nnnn3C[C@H]3CCCO3)C(C)C)cc2c1. The van der Waals surface area contributed by atoms with E-state index in [2.05, 4.69) is 63.3 Å². The second-order valence-electron chi connectivity index (χ2n) is 10.0. The molecule has 0 radical (unpaired) electrons. The minimum atomic E-state index is -0.116. The summed E-state index contributed by atoms with van der Waals surface area (Å²) < 4.78 is 7.74. The molecule has 3 aromatic heterocycles. The molecule has 9 nitrogen and oxygen atoms in total. The van der Waals surface area contributed by atoms with Crippen molar-refractivity contribution in [3.05, 3.63) is 81.7 Å². The van der Waals surface area contributed by atoms with E-state index in [-0.39, 0.29) is 23.6 Å². The summed E-state index contributed by atoms with van der Waals surface area (Å²) in [6.07, 6.45) is 5.84. The van der Waals surface area contributed by atoms with Gasteiger partial charge in [-0.05, 0) is 71.3 Å². The number of H-pyrrole nitrogens is 1. The normalized spacial score (nSPS) is 16.9. The largest absolute Gasteiger partial charge is 0.376 e. The van der Waals surface area contributed by atoms with Gasteiger partial charge in [-0.2, -0.15) is 0 Å². The van der Waals surface area contributed by atoms with Gasteiger partial charge in [0.15, 0.2) is 5.82 Å². The molecule has 1 aliphatic heterocycles. The van der Waals surface area contributed by atoms with E-state index in [4.69, 9.17) is 4.74 Å². The monoisotopic (exact) mass is 487 g/mol. The average molecular weight is 488 g/mol. The highest BCUT2D eigenvalue weighted by Crippen LogP contribution is 2.30. The van der Waals surface area contributed by atoms with Gasteiger partial charge in [-0.3, -0.25) is 14.7 Å². The van der Waals surface area contributed by atoms with E-state index in [1.165, 1.54) is 0 Å². The molecule has 4 heterocycles. The Morgan fingerprint density at radius 3 is 2.86 bits per heavy atom. The first kappa shape index (κ1) is 24.3. The van der Waals surface area contributed by atoms with Crippen molar-refractivity contribution in [2.75, 3.05) is 6.61 Å². The van der Waals surface area contributed by atoms with Gasteiger partial charge in [-0.1, -0.05) is 31.5 Å². The van der Waals surface area contributed by atoms with Gasteiger partial charge in [0.1, 0.15) is 0 Å². The van der Waals surface area contributed by atoms with Crippen LogP contribution in [-0.2, 0) is 24.4 Å². The molecule has 1 saturated heterocycles. The van der Waals surface area contributed by atoms with Crippen LogP contribution in [0.5, 0.6) is 0 Å². The van der Waals surface area contributed by atoms with Gasteiger partial charge in [-0.25, -0.2) is 4.68 Å². The van der Waals surface area contributed by atoms with Crippen LogP contribution in [0.4, 0.5) is 0 Å². The fraction of sp³-hybridized carbons (Fsp3) is 0.444. The molecule has 0 saturated carbocycles. The molecule has 188 valence electrons. The van der Waals surface area contributed by atoms with Crippen molar-refractivity contribution in [1.29, 1.82) is 0 Å². The number of aromatic amines is 1. The maximum Gasteiger partial charge on any atom is 0.252 e. The first-order valence-electron chi connectivity index (χ1n) is 12.6. The molecule has 0 aliphatic carbocycles. The number of ether oxygens (including phenoxy) is 1. The van der Waals surface area contributed by atoms with E-state index >= 15 is 0 Å². The van der Waals surface area contributed by atoms with E-state index < -0.39 is 0 Å². The van der Waals surface area contributed by atoms with Gasteiger partial charge in [0.2, 0.25) is 0 Å². The molecule has 2 atom stereocenters. The predicted molar refractivity (Wildman–Crippen MR) is 137 cm³/mol. The third-order valence-electron chi connectivity index (χ3n) is 6.81. The lowest BCUT2D eigenvalue weighted by atomic mass is 9.99. The molecular formula is C27H33N7O2.